The number of rotatable bonds is 3. The Labute approximate surface area is 150 Å². The lowest BCUT2D eigenvalue weighted by atomic mass is 10.2. The van der Waals surface area contributed by atoms with Crippen LogP contribution in [0.3, 0.4) is 0 Å². The predicted octanol–water partition coefficient (Wildman–Crippen LogP) is 3.29. The van der Waals surface area contributed by atoms with Gasteiger partial charge >= 0.3 is 18.0 Å². The molecule has 0 saturated heterocycles. The molecule has 0 aliphatic rings. The Morgan fingerprint density at radius 3 is 2.19 bits per heavy atom. The largest absolute Gasteiger partial charge is 0.482 e. The molecule has 0 atom stereocenters. The van der Waals surface area contributed by atoms with Crippen LogP contribution in [0.15, 0.2) is 27.8 Å². The van der Waals surface area contributed by atoms with Gasteiger partial charge in [0.15, 0.2) is 6.61 Å². The highest BCUT2D eigenvalue weighted by Gasteiger charge is 2.35. The normalized spacial score (nSPS) is 12.3. The van der Waals surface area contributed by atoms with E-state index in [1.165, 1.54) is 0 Å². The maximum absolute atomic E-state index is 14.1. The zero-order chi connectivity index (χ0) is 20.7. The minimum absolute atomic E-state index is 0.0152. The van der Waals surface area contributed by atoms with Crippen molar-refractivity contribution in [1.29, 1.82) is 0 Å². The fraction of sp³-hybridized carbons (Fsp3) is 0.286. The van der Waals surface area contributed by atoms with E-state index in [4.69, 9.17) is 11.6 Å². The van der Waals surface area contributed by atoms with E-state index in [1.54, 1.807) is 0 Å². The number of halogens is 8. The molecular formula is C14H8ClF7N2O3. The first-order valence-electron chi connectivity index (χ1n) is 6.81. The van der Waals surface area contributed by atoms with E-state index in [0.717, 1.165) is 0 Å². The van der Waals surface area contributed by atoms with Gasteiger partial charge in [-0.25, -0.2) is 13.8 Å². The summed E-state index contributed by atoms with van der Waals surface area (Å²) in [5, 5.41) is -0.600. The van der Waals surface area contributed by atoms with E-state index in [2.05, 4.69) is 4.74 Å². The summed E-state index contributed by atoms with van der Waals surface area (Å²) >= 11 is 5.56. The van der Waals surface area contributed by atoms with E-state index >= 15 is 0 Å². The van der Waals surface area contributed by atoms with Crippen molar-refractivity contribution in [2.75, 3.05) is 6.61 Å². The topological polar surface area (TPSA) is 53.2 Å². The van der Waals surface area contributed by atoms with E-state index in [0.29, 0.717) is 19.2 Å². The standard InChI is InChI=1S/C14H8ClF7N2O3/c1-23-10(14(20,21)22)4-11(25)24(12(23)26)8-3-9(6(15)2-7(8)16)27-5-13(17,18)19/h2-4H,5H2,1H3. The smallest absolute Gasteiger partial charge is 0.431 e. The second-order valence-corrected chi connectivity index (χ2v) is 5.59. The van der Waals surface area contributed by atoms with Crippen molar-refractivity contribution in [3.8, 4) is 11.4 Å². The van der Waals surface area contributed by atoms with Crippen LogP contribution in [-0.4, -0.2) is 21.9 Å². The summed E-state index contributed by atoms with van der Waals surface area (Å²) in [5.74, 6) is -2.06. The first-order chi connectivity index (χ1) is 12.2. The Morgan fingerprint density at radius 2 is 1.67 bits per heavy atom. The molecule has 0 N–H and O–H groups in total. The number of ether oxygens (including phenoxy) is 1. The molecule has 0 saturated carbocycles. The van der Waals surface area contributed by atoms with Crippen LogP contribution in [0.5, 0.6) is 5.75 Å². The van der Waals surface area contributed by atoms with E-state index in [9.17, 15) is 40.3 Å². The molecule has 0 unspecified atom stereocenters. The lowest BCUT2D eigenvalue weighted by Gasteiger charge is -2.16. The van der Waals surface area contributed by atoms with Crippen LogP contribution in [0, 0.1) is 5.82 Å². The Morgan fingerprint density at radius 1 is 1.07 bits per heavy atom. The Bertz CT molecular complexity index is 992. The van der Waals surface area contributed by atoms with Crippen molar-refractivity contribution in [1.82, 2.24) is 9.13 Å². The molecule has 0 fully saturated rings. The van der Waals surface area contributed by atoms with Crippen LogP contribution in [0.25, 0.3) is 5.69 Å². The quantitative estimate of drug-likeness (QED) is 0.716. The monoisotopic (exact) mass is 420 g/mol. The summed E-state index contributed by atoms with van der Waals surface area (Å²) in [6.45, 7) is -1.81. The van der Waals surface area contributed by atoms with Crippen LogP contribution >= 0.6 is 11.6 Å². The maximum atomic E-state index is 14.1. The molecule has 1 aromatic carbocycles. The van der Waals surface area contributed by atoms with Gasteiger partial charge < -0.3 is 4.74 Å². The molecule has 5 nitrogen and oxygen atoms in total. The molecule has 148 valence electrons. The van der Waals surface area contributed by atoms with Crippen LogP contribution < -0.4 is 16.0 Å². The fourth-order valence-corrected chi connectivity index (χ4v) is 2.28. The fourth-order valence-electron chi connectivity index (χ4n) is 2.08. The maximum Gasteiger partial charge on any atom is 0.431 e. The average Bonchev–Trinajstić information content (AvgIpc) is 2.49. The molecule has 27 heavy (non-hydrogen) atoms. The van der Waals surface area contributed by atoms with Crippen LogP contribution in [0.2, 0.25) is 5.02 Å². The summed E-state index contributed by atoms with van der Waals surface area (Å²) in [7, 11) is 0.690. The SMILES string of the molecule is Cn1c(C(F)(F)F)cc(=O)n(-c2cc(OCC(F)(F)F)c(Cl)cc2F)c1=O. The van der Waals surface area contributed by atoms with Gasteiger partial charge in [0.2, 0.25) is 0 Å². The summed E-state index contributed by atoms with van der Waals surface area (Å²) < 4.78 is 93.8. The molecule has 0 aliphatic carbocycles. The number of hydrogen-bond acceptors (Lipinski definition) is 3. The van der Waals surface area contributed by atoms with Crippen molar-refractivity contribution in [3.05, 3.63) is 55.6 Å². The molecular weight excluding hydrogens is 413 g/mol. The summed E-state index contributed by atoms with van der Waals surface area (Å²) in [5.41, 5.74) is -5.63. The molecule has 2 rings (SSSR count). The van der Waals surface area contributed by atoms with E-state index < -0.39 is 58.2 Å². The predicted molar refractivity (Wildman–Crippen MR) is 78.8 cm³/mol. The van der Waals surface area contributed by atoms with Gasteiger partial charge in [-0.1, -0.05) is 11.6 Å². The van der Waals surface area contributed by atoms with Gasteiger partial charge in [-0.05, 0) is 6.07 Å². The minimum atomic E-state index is -5.04. The molecule has 2 aromatic rings. The first-order valence-corrected chi connectivity index (χ1v) is 7.19. The minimum Gasteiger partial charge on any atom is -0.482 e. The molecule has 0 radical (unpaired) electrons. The zero-order valence-corrected chi connectivity index (χ0v) is 13.8. The number of nitrogens with zero attached hydrogens (tertiary/aromatic N) is 2. The second kappa shape index (κ2) is 6.91. The molecule has 0 spiro atoms. The lowest BCUT2D eigenvalue weighted by molar-refractivity contribution is -0.153. The number of benzene rings is 1. The van der Waals surface area contributed by atoms with E-state index in [-0.39, 0.29) is 15.2 Å². The van der Waals surface area contributed by atoms with Gasteiger partial charge in [0.25, 0.3) is 5.56 Å². The van der Waals surface area contributed by atoms with Gasteiger partial charge in [0, 0.05) is 19.2 Å². The average molecular weight is 421 g/mol. The Kier molecular flexibility index (Phi) is 5.32. The van der Waals surface area contributed by atoms with Crippen LogP contribution in [0.1, 0.15) is 5.69 Å². The highest BCUT2D eigenvalue weighted by atomic mass is 35.5. The third kappa shape index (κ3) is 4.43. The third-order valence-electron chi connectivity index (χ3n) is 3.24. The Balaban J connectivity index is 2.67. The summed E-state index contributed by atoms with van der Waals surface area (Å²) in [6, 6.07) is 1.03. The van der Waals surface area contributed by atoms with E-state index in [1.807, 2.05) is 0 Å². The second-order valence-electron chi connectivity index (χ2n) is 5.18. The van der Waals surface area contributed by atoms with Gasteiger partial charge in [0.05, 0.1) is 10.7 Å². The van der Waals surface area contributed by atoms with Gasteiger partial charge in [-0.15, -0.1) is 0 Å². The van der Waals surface area contributed by atoms with Crippen molar-refractivity contribution >= 4 is 11.6 Å². The highest BCUT2D eigenvalue weighted by molar-refractivity contribution is 6.32. The van der Waals surface area contributed by atoms with Crippen molar-refractivity contribution in [3.63, 3.8) is 0 Å². The van der Waals surface area contributed by atoms with Crippen molar-refractivity contribution in [2.24, 2.45) is 7.05 Å². The van der Waals surface area contributed by atoms with Gasteiger partial charge in [-0.3, -0.25) is 9.36 Å². The Hall–Kier alpha value is -2.50. The molecule has 0 bridgehead atoms. The molecule has 1 aromatic heterocycles. The van der Waals surface area contributed by atoms with Crippen molar-refractivity contribution in [2.45, 2.75) is 12.4 Å². The summed E-state index contributed by atoms with van der Waals surface area (Å²) in [6.07, 6.45) is -9.80. The van der Waals surface area contributed by atoms with Crippen LogP contribution in [-0.2, 0) is 13.2 Å². The van der Waals surface area contributed by atoms with Crippen LogP contribution in [0.4, 0.5) is 30.7 Å². The lowest BCUT2D eigenvalue weighted by Crippen LogP contribution is -2.41. The molecule has 0 amide bonds. The number of aromatic nitrogens is 2. The third-order valence-corrected chi connectivity index (χ3v) is 3.54. The number of hydrogen-bond donors (Lipinski definition) is 0. The van der Waals surface area contributed by atoms with Gasteiger partial charge in [0.1, 0.15) is 17.3 Å². The van der Waals surface area contributed by atoms with Gasteiger partial charge in [-0.2, -0.15) is 26.3 Å². The zero-order valence-electron chi connectivity index (χ0n) is 13.1. The summed E-state index contributed by atoms with van der Waals surface area (Å²) in [4.78, 5) is 24.1. The molecule has 13 heteroatoms. The molecule has 1 heterocycles. The molecule has 0 aliphatic heterocycles. The van der Waals surface area contributed by atoms with Crippen molar-refractivity contribution < 1.29 is 35.5 Å². The number of alkyl halides is 6. The highest BCUT2D eigenvalue weighted by Crippen LogP contribution is 2.31. The first kappa shape index (κ1) is 20.8.